The molecule has 5 rings (SSSR count). The number of hydrogen-bond donors (Lipinski definition) is 0. The average molecular weight is 548 g/mol. The molecule has 0 radical (unpaired) electrons. The third-order valence-corrected chi connectivity index (χ3v) is 8.20. The average Bonchev–Trinajstić information content (AvgIpc) is 3.33. The van der Waals surface area contributed by atoms with Crippen molar-refractivity contribution in [2.45, 2.75) is 103 Å². The summed E-state index contributed by atoms with van der Waals surface area (Å²) in [6.07, 6.45) is 6.53. The molecular formula is C34H42FNO4. The quantitative estimate of drug-likeness (QED) is 0.253. The van der Waals surface area contributed by atoms with Crippen LogP contribution in [0.25, 0.3) is 22.4 Å². The summed E-state index contributed by atoms with van der Waals surface area (Å²) in [7, 11) is 0. The van der Waals surface area contributed by atoms with E-state index in [0.717, 1.165) is 61.0 Å². The van der Waals surface area contributed by atoms with Gasteiger partial charge in [-0.05, 0) is 73.6 Å². The van der Waals surface area contributed by atoms with Crippen LogP contribution in [0, 0.1) is 5.82 Å². The highest BCUT2D eigenvalue weighted by Crippen LogP contribution is 2.42. The van der Waals surface area contributed by atoms with Crippen LogP contribution in [-0.4, -0.2) is 35.1 Å². The van der Waals surface area contributed by atoms with E-state index in [0.29, 0.717) is 18.9 Å². The molecule has 2 fully saturated rings. The van der Waals surface area contributed by atoms with E-state index in [1.165, 1.54) is 24.2 Å². The van der Waals surface area contributed by atoms with Gasteiger partial charge in [-0.2, -0.15) is 0 Å². The minimum atomic E-state index is -0.606. The molecule has 3 aromatic rings. The van der Waals surface area contributed by atoms with Gasteiger partial charge in [0.1, 0.15) is 5.82 Å². The van der Waals surface area contributed by atoms with E-state index in [1.54, 1.807) is 0 Å². The SMILES string of the molecule is CCOC(=O)CC1CC(CCn2c(C(C)C)cc(-c3ccccc3)c2-c2ccc(F)cc2)OC2(CCCCC2)O1. The Hall–Kier alpha value is -2.96. The Morgan fingerprint density at radius 1 is 1.00 bits per heavy atom. The van der Waals surface area contributed by atoms with Gasteiger partial charge in [0.2, 0.25) is 0 Å². The molecule has 1 aromatic heterocycles. The number of halogens is 1. The number of rotatable bonds is 9. The molecule has 2 heterocycles. The van der Waals surface area contributed by atoms with Crippen molar-refractivity contribution in [1.29, 1.82) is 0 Å². The molecule has 40 heavy (non-hydrogen) atoms. The van der Waals surface area contributed by atoms with Crippen LogP contribution in [0.3, 0.4) is 0 Å². The van der Waals surface area contributed by atoms with Crippen LogP contribution in [0.1, 0.15) is 83.7 Å². The molecule has 0 amide bonds. The Morgan fingerprint density at radius 3 is 2.38 bits per heavy atom. The van der Waals surface area contributed by atoms with E-state index in [-0.39, 0.29) is 30.4 Å². The lowest BCUT2D eigenvalue weighted by atomic mass is 9.91. The zero-order valence-corrected chi connectivity index (χ0v) is 24.0. The number of nitrogens with zero attached hydrogens (tertiary/aromatic N) is 1. The van der Waals surface area contributed by atoms with Gasteiger partial charge >= 0.3 is 5.97 Å². The van der Waals surface area contributed by atoms with Crippen molar-refractivity contribution in [3.05, 3.63) is 72.2 Å². The Bertz CT molecular complexity index is 1260. The van der Waals surface area contributed by atoms with E-state index in [1.807, 2.05) is 25.1 Å². The number of aromatic nitrogens is 1. The van der Waals surface area contributed by atoms with Crippen molar-refractivity contribution in [2.75, 3.05) is 6.61 Å². The molecule has 2 unspecified atom stereocenters. The van der Waals surface area contributed by atoms with Crippen LogP contribution >= 0.6 is 0 Å². The molecule has 5 nitrogen and oxygen atoms in total. The third-order valence-electron chi connectivity index (χ3n) is 8.20. The summed E-state index contributed by atoms with van der Waals surface area (Å²) in [6.45, 7) is 7.39. The molecule has 2 aliphatic rings. The molecule has 1 saturated heterocycles. The Kier molecular flexibility index (Phi) is 9.07. The molecule has 1 spiro atoms. The Balaban J connectivity index is 1.47. The summed E-state index contributed by atoms with van der Waals surface area (Å²) in [5.41, 5.74) is 5.61. The highest BCUT2D eigenvalue weighted by atomic mass is 19.1. The molecule has 1 aliphatic carbocycles. The number of esters is 1. The second kappa shape index (κ2) is 12.7. The number of carbonyl (C=O) groups excluding carboxylic acids is 1. The largest absolute Gasteiger partial charge is 0.466 e. The molecule has 1 saturated carbocycles. The fourth-order valence-electron chi connectivity index (χ4n) is 6.38. The topological polar surface area (TPSA) is 49.7 Å². The number of benzene rings is 2. The number of hydrogen-bond acceptors (Lipinski definition) is 4. The fraction of sp³-hybridized carbons (Fsp3) is 0.500. The summed E-state index contributed by atoms with van der Waals surface area (Å²) in [5.74, 6) is -0.760. The smallest absolute Gasteiger partial charge is 0.308 e. The van der Waals surface area contributed by atoms with Crippen LogP contribution in [-0.2, 0) is 25.5 Å². The van der Waals surface area contributed by atoms with Gasteiger partial charge in [0.25, 0.3) is 0 Å². The van der Waals surface area contributed by atoms with Crippen LogP contribution in [0.2, 0.25) is 0 Å². The molecular weight excluding hydrogens is 505 g/mol. The first-order valence-corrected chi connectivity index (χ1v) is 14.9. The monoisotopic (exact) mass is 547 g/mol. The van der Waals surface area contributed by atoms with Gasteiger partial charge in [-0.15, -0.1) is 0 Å². The van der Waals surface area contributed by atoms with Gasteiger partial charge in [0.15, 0.2) is 5.79 Å². The lowest BCUT2D eigenvalue weighted by molar-refractivity contribution is -0.329. The van der Waals surface area contributed by atoms with Gasteiger partial charge in [-0.3, -0.25) is 4.79 Å². The second-order valence-electron chi connectivity index (χ2n) is 11.5. The molecule has 214 valence electrons. The normalized spacial score (nSPS) is 20.6. The minimum absolute atomic E-state index is 0.0325. The van der Waals surface area contributed by atoms with Gasteiger partial charge in [-0.25, -0.2) is 4.39 Å². The lowest BCUT2D eigenvalue weighted by Crippen LogP contribution is -2.50. The first-order chi connectivity index (χ1) is 19.4. The first-order valence-electron chi connectivity index (χ1n) is 14.9. The van der Waals surface area contributed by atoms with E-state index >= 15 is 0 Å². The first kappa shape index (κ1) is 28.6. The van der Waals surface area contributed by atoms with Gasteiger partial charge in [-0.1, -0.05) is 50.6 Å². The fourth-order valence-corrected chi connectivity index (χ4v) is 6.38. The van der Waals surface area contributed by atoms with E-state index < -0.39 is 5.79 Å². The van der Waals surface area contributed by atoms with Crippen molar-refractivity contribution in [2.24, 2.45) is 0 Å². The molecule has 2 aromatic carbocycles. The predicted molar refractivity (Wildman–Crippen MR) is 155 cm³/mol. The molecule has 1 aliphatic heterocycles. The zero-order chi connectivity index (χ0) is 28.1. The Labute approximate surface area is 237 Å². The minimum Gasteiger partial charge on any atom is -0.466 e. The lowest BCUT2D eigenvalue weighted by Gasteiger charge is -2.46. The molecule has 2 atom stereocenters. The van der Waals surface area contributed by atoms with Crippen molar-refractivity contribution >= 4 is 5.97 Å². The van der Waals surface area contributed by atoms with E-state index in [9.17, 15) is 9.18 Å². The summed E-state index contributed by atoms with van der Waals surface area (Å²) in [6, 6.07) is 19.5. The van der Waals surface area contributed by atoms with Gasteiger partial charge in [0, 0.05) is 37.1 Å². The zero-order valence-electron chi connectivity index (χ0n) is 24.0. The van der Waals surface area contributed by atoms with Crippen molar-refractivity contribution in [3.8, 4) is 22.4 Å². The van der Waals surface area contributed by atoms with Crippen LogP contribution in [0.4, 0.5) is 4.39 Å². The maximum Gasteiger partial charge on any atom is 0.308 e. The summed E-state index contributed by atoms with van der Waals surface area (Å²) < 4.78 is 34.8. The van der Waals surface area contributed by atoms with Gasteiger partial charge < -0.3 is 18.8 Å². The highest BCUT2D eigenvalue weighted by Gasteiger charge is 2.44. The summed E-state index contributed by atoms with van der Waals surface area (Å²) in [4.78, 5) is 12.4. The highest BCUT2D eigenvalue weighted by molar-refractivity contribution is 5.82. The molecule has 6 heteroatoms. The maximum atomic E-state index is 13.9. The molecule has 0 N–H and O–H groups in total. The van der Waals surface area contributed by atoms with Gasteiger partial charge in [0.05, 0.1) is 30.9 Å². The van der Waals surface area contributed by atoms with Crippen molar-refractivity contribution < 1.29 is 23.4 Å². The standard InChI is InChI=1S/C34H42FNO4/c1-4-38-32(37)22-29-21-28(39-34(40-29)18-9-6-10-19-34)17-20-36-31(24(2)3)23-30(25-11-7-5-8-12-25)33(36)26-13-15-27(35)16-14-26/h5,7-8,11-16,23-24,28-29H,4,6,9-10,17-22H2,1-3H3. The van der Waals surface area contributed by atoms with Crippen molar-refractivity contribution in [1.82, 2.24) is 4.57 Å². The summed E-state index contributed by atoms with van der Waals surface area (Å²) >= 11 is 0. The predicted octanol–water partition coefficient (Wildman–Crippen LogP) is 8.26. The maximum absolute atomic E-state index is 13.9. The van der Waals surface area contributed by atoms with Crippen LogP contribution < -0.4 is 0 Å². The van der Waals surface area contributed by atoms with Crippen LogP contribution in [0.15, 0.2) is 60.7 Å². The third kappa shape index (κ3) is 6.50. The second-order valence-corrected chi connectivity index (χ2v) is 11.5. The molecule has 0 bridgehead atoms. The number of carbonyl (C=O) groups is 1. The number of ether oxygens (including phenoxy) is 3. The Morgan fingerprint density at radius 2 is 1.70 bits per heavy atom. The van der Waals surface area contributed by atoms with E-state index in [2.05, 4.69) is 48.7 Å². The summed E-state index contributed by atoms with van der Waals surface area (Å²) in [5, 5.41) is 0. The van der Waals surface area contributed by atoms with E-state index in [4.69, 9.17) is 14.2 Å². The van der Waals surface area contributed by atoms with Crippen LogP contribution in [0.5, 0.6) is 0 Å². The van der Waals surface area contributed by atoms with Crippen molar-refractivity contribution in [3.63, 3.8) is 0 Å².